The van der Waals surface area contributed by atoms with Crippen molar-refractivity contribution in [2.75, 3.05) is 13.4 Å². The average Bonchev–Trinajstić information content (AvgIpc) is 2.42. The Balaban J connectivity index is 2.72. The van der Waals surface area contributed by atoms with Crippen LogP contribution in [0.4, 0.5) is 0 Å². The first-order chi connectivity index (χ1) is 9.38. The molecule has 2 nitrogen and oxygen atoms in total. The van der Waals surface area contributed by atoms with Crippen molar-refractivity contribution in [3.05, 3.63) is 35.9 Å². The van der Waals surface area contributed by atoms with Gasteiger partial charge in [-0.2, -0.15) is 11.8 Å². The number of rotatable bonds is 7. The molecular formula is C17H26O2S. The Morgan fingerprint density at radius 2 is 1.85 bits per heavy atom. The van der Waals surface area contributed by atoms with E-state index < -0.39 is 0 Å². The molecule has 0 aliphatic rings. The second-order valence-corrected chi connectivity index (χ2v) is 7.19. The SMILES string of the molecule is CO[C@@H](CC(=O)C(C)(C)C)[C@H](Cc1ccccc1)SC. The molecule has 0 amide bonds. The number of thioether (sulfide) groups is 1. The number of carbonyl (C=O) groups excluding carboxylic acids is 1. The van der Waals surface area contributed by atoms with Crippen LogP contribution in [0.25, 0.3) is 0 Å². The van der Waals surface area contributed by atoms with Gasteiger partial charge < -0.3 is 4.74 Å². The third-order valence-electron chi connectivity index (χ3n) is 3.52. The molecule has 0 aliphatic heterocycles. The van der Waals surface area contributed by atoms with Crippen LogP contribution in [0.2, 0.25) is 0 Å². The Morgan fingerprint density at radius 1 is 1.25 bits per heavy atom. The minimum Gasteiger partial charge on any atom is -0.380 e. The fourth-order valence-corrected chi connectivity index (χ4v) is 2.94. The van der Waals surface area contributed by atoms with E-state index in [1.54, 1.807) is 18.9 Å². The van der Waals surface area contributed by atoms with Crippen molar-refractivity contribution in [3.8, 4) is 0 Å². The summed E-state index contributed by atoms with van der Waals surface area (Å²) in [7, 11) is 1.70. The molecule has 3 heteroatoms. The highest BCUT2D eigenvalue weighted by atomic mass is 32.2. The van der Waals surface area contributed by atoms with Gasteiger partial charge in [0.25, 0.3) is 0 Å². The summed E-state index contributed by atoms with van der Waals surface area (Å²) < 4.78 is 5.60. The highest BCUT2D eigenvalue weighted by molar-refractivity contribution is 7.99. The van der Waals surface area contributed by atoms with Gasteiger partial charge in [-0.15, -0.1) is 0 Å². The Labute approximate surface area is 127 Å². The maximum Gasteiger partial charge on any atom is 0.140 e. The van der Waals surface area contributed by atoms with Gasteiger partial charge in [-0.3, -0.25) is 4.79 Å². The summed E-state index contributed by atoms with van der Waals surface area (Å²) in [5, 5.41) is 0.300. The van der Waals surface area contributed by atoms with Crippen LogP contribution in [0.15, 0.2) is 30.3 Å². The van der Waals surface area contributed by atoms with Crippen LogP contribution in [0.5, 0.6) is 0 Å². The minimum atomic E-state index is -0.299. The van der Waals surface area contributed by atoms with Crippen LogP contribution in [-0.4, -0.2) is 30.5 Å². The van der Waals surface area contributed by atoms with Gasteiger partial charge in [0.15, 0.2) is 0 Å². The standard InChI is InChI=1S/C17H26O2S/c1-17(2,3)16(18)12-14(19-4)15(20-5)11-13-9-7-6-8-10-13/h6-10,14-15H,11-12H2,1-5H3/t14-,15-/m0/s1. The van der Waals surface area contributed by atoms with Crippen LogP contribution in [0, 0.1) is 5.41 Å². The van der Waals surface area contributed by atoms with E-state index in [9.17, 15) is 4.79 Å². The topological polar surface area (TPSA) is 26.3 Å². The Hall–Kier alpha value is -0.800. The average molecular weight is 294 g/mol. The summed E-state index contributed by atoms with van der Waals surface area (Å²) >= 11 is 1.77. The van der Waals surface area contributed by atoms with Crippen molar-refractivity contribution in [1.29, 1.82) is 0 Å². The zero-order valence-corrected chi connectivity index (χ0v) is 14.0. The zero-order valence-electron chi connectivity index (χ0n) is 13.2. The van der Waals surface area contributed by atoms with Gasteiger partial charge in [-0.25, -0.2) is 0 Å². The summed E-state index contributed by atoms with van der Waals surface area (Å²) in [6, 6.07) is 10.4. The molecule has 0 radical (unpaired) electrons. The number of ketones is 1. The Morgan fingerprint density at radius 3 is 2.30 bits per heavy atom. The fraction of sp³-hybridized carbons (Fsp3) is 0.588. The lowest BCUT2D eigenvalue weighted by atomic mass is 9.86. The van der Waals surface area contributed by atoms with Crippen LogP contribution in [0.1, 0.15) is 32.8 Å². The highest BCUT2D eigenvalue weighted by Crippen LogP contribution is 2.25. The molecule has 1 aromatic carbocycles. The van der Waals surface area contributed by atoms with Gasteiger partial charge in [0.2, 0.25) is 0 Å². The molecule has 0 N–H and O–H groups in total. The molecule has 0 heterocycles. The molecule has 0 aliphatic carbocycles. The number of hydrogen-bond donors (Lipinski definition) is 0. The lowest BCUT2D eigenvalue weighted by molar-refractivity contribution is -0.128. The van der Waals surface area contributed by atoms with Gasteiger partial charge in [0, 0.05) is 24.2 Å². The molecule has 0 fully saturated rings. The molecule has 0 spiro atoms. The van der Waals surface area contributed by atoms with Crippen molar-refractivity contribution >= 4 is 17.5 Å². The normalized spacial score (nSPS) is 14.8. The van der Waals surface area contributed by atoms with E-state index in [-0.39, 0.29) is 17.3 Å². The smallest absolute Gasteiger partial charge is 0.140 e. The first-order valence-corrected chi connectivity index (χ1v) is 8.30. The van der Waals surface area contributed by atoms with E-state index in [0.29, 0.717) is 11.7 Å². The molecule has 0 aromatic heterocycles. The predicted octanol–water partition coefficient (Wildman–Crippen LogP) is 3.98. The van der Waals surface area contributed by atoms with Gasteiger partial charge in [0.1, 0.15) is 5.78 Å². The molecule has 0 saturated carbocycles. The molecular weight excluding hydrogens is 268 g/mol. The first-order valence-electron chi connectivity index (χ1n) is 7.01. The van der Waals surface area contributed by atoms with E-state index in [1.165, 1.54) is 5.56 Å². The number of benzene rings is 1. The third-order valence-corrected chi connectivity index (χ3v) is 4.60. The van der Waals surface area contributed by atoms with E-state index in [2.05, 4.69) is 30.5 Å². The summed E-state index contributed by atoms with van der Waals surface area (Å²) in [5.41, 5.74) is 0.990. The van der Waals surface area contributed by atoms with Gasteiger partial charge in [-0.05, 0) is 18.2 Å². The molecule has 0 saturated heterocycles. The maximum absolute atomic E-state index is 12.2. The van der Waals surface area contributed by atoms with Gasteiger partial charge in [0.05, 0.1) is 6.10 Å². The van der Waals surface area contributed by atoms with Crippen LogP contribution >= 0.6 is 11.8 Å². The third kappa shape index (κ3) is 5.29. The summed E-state index contributed by atoms with van der Waals surface area (Å²) in [4.78, 5) is 12.2. The number of carbonyl (C=O) groups is 1. The van der Waals surface area contributed by atoms with Crippen molar-refractivity contribution in [2.24, 2.45) is 5.41 Å². The fourth-order valence-electron chi connectivity index (χ4n) is 2.07. The minimum absolute atomic E-state index is 0.0306. The van der Waals surface area contributed by atoms with Crippen LogP contribution in [-0.2, 0) is 16.0 Å². The lowest BCUT2D eigenvalue weighted by Gasteiger charge is -2.27. The summed E-state index contributed by atoms with van der Waals surface area (Å²) in [5.74, 6) is 0.261. The quantitative estimate of drug-likeness (QED) is 0.761. The molecule has 0 bridgehead atoms. The molecule has 2 atom stereocenters. The monoisotopic (exact) mass is 294 g/mol. The van der Waals surface area contributed by atoms with E-state index in [1.807, 2.05) is 26.8 Å². The molecule has 1 rings (SSSR count). The lowest BCUT2D eigenvalue weighted by Crippen LogP contribution is -2.33. The second kappa shape index (κ2) is 7.84. The van der Waals surface area contributed by atoms with Crippen LogP contribution < -0.4 is 0 Å². The molecule has 0 unspecified atom stereocenters. The highest BCUT2D eigenvalue weighted by Gasteiger charge is 2.29. The zero-order chi connectivity index (χ0) is 15.2. The molecule has 20 heavy (non-hydrogen) atoms. The van der Waals surface area contributed by atoms with Crippen LogP contribution in [0.3, 0.4) is 0 Å². The molecule has 112 valence electrons. The predicted molar refractivity (Wildman–Crippen MR) is 87.3 cm³/mol. The number of hydrogen-bond acceptors (Lipinski definition) is 3. The van der Waals surface area contributed by atoms with Gasteiger partial charge in [-0.1, -0.05) is 51.1 Å². The Bertz CT molecular complexity index is 409. The summed E-state index contributed by atoms with van der Waals surface area (Å²) in [6.07, 6.45) is 3.47. The second-order valence-electron chi connectivity index (χ2n) is 6.12. The van der Waals surface area contributed by atoms with Crippen molar-refractivity contribution in [2.45, 2.75) is 45.0 Å². The number of ether oxygens (including phenoxy) is 1. The largest absolute Gasteiger partial charge is 0.380 e. The summed E-state index contributed by atoms with van der Waals surface area (Å²) in [6.45, 7) is 5.90. The van der Waals surface area contributed by atoms with E-state index in [4.69, 9.17) is 4.74 Å². The number of Topliss-reactive ketones (excluding diaryl/α,β-unsaturated/α-hetero) is 1. The molecule has 1 aromatic rings. The Kier molecular flexibility index (Phi) is 6.77. The van der Waals surface area contributed by atoms with E-state index in [0.717, 1.165) is 6.42 Å². The van der Waals surface area contributed by atoms with Crippen molar-refractivity contribution < 1.29 is 9.53 Å². The first kappa shape index (κ1) is 17.3. The maximum atomic E-state index is 12.2. The van der Waals surface area contributed by atoms with E-state index >= 15 is 0 Å². The van der Waals surface area contributed by atoms with Gasteiger partial charge >= 0.3 is 0 Å². The van der Waals surface area contributed by atoms with Crippen molar-refractivity contribution in [1.82, 2.24) is 0 Å². The van der Waals surface area contributed by atoms with Crippen molar-refractivity contribution in [3.63, 3.8) is 0 Å². The number of methoxy groups -OCH3 is 1.